The lowest BCUT2D eigenvalue weighted by Gasteiger charge is -2.26. The van der Waals surface area contributed by atoms with E-state index in [9.17, 15) is 29.1 Å². The number of nitrogens with two attached hydrogens (primary N) is 2. The second kappa shape index (κ2) is 15.1. The van der Waals surface area contributed by atoms with Crippen molar-refractivity contribution in [3.63, 3.8) is 0 Å². The molecule has 0 bridgehead atoms. The molecule has 1 aromatic heterocycles. The molecule has 0 radical (unpaired) electrons. The Labute approximate surface area is 231 Å². The van der Waals surface area contributed by atoms with Gasteiger partial charge in [0.25, 0.3) is 0 Å². The Morgan fingerprint density at radius 1 is 1.03 bits per heavy atom. The third kappa shape index (κ3) is 9.29. The van der Waals surface area contributed by atoms with Crippen LogP contribution in [-0.2, 0) is 30.4 Å². The number of aromatic nitrogens is 1. The van der Waals surface area contributed by atoms with E-state index in [0.29, 0.717) is 24.2 Å². The highest BCUT2D eigenvalue weighted by Crippen LogP contribution is 2.19. The molecule has 5 atom stereocenters. The van der Waals surface area contributed by atoms with Crippen molar-refractivity contribution in [2.75, 3.05) is 12.0 Å². The first-order chi connectivity index (χ1) is 18.5. The molecule has 39 heavy (non-hydrogen) atoms. The molecular weight excluding hydrogens is 524 g/mol. The van der Waals surface area contributed by atoms with Gasteiger partial charge >= 0.3 is 5.97 Å². The smallest absolute Gasteiger partial charge is 0.326 e. The van der Waals surface area contributed by atoms with Crippen LogP contribution < -0.4 is 27.4 Å². The van der Waals surface area contributed by atoms with Crippen LogP contribution in [0.1, 0.15) is 38.7 Å². The zero-order chi connectivity index (χ0) is 29.1. The number of hydrogen-bond donors (Lipinski definition) is 7. The van der Waals surface area contributed by atoms with E-state index in [2.05, 4.69) is 20.9 Å². The van der Waals surface area contributed by atoms with E-state index in [-0.39, 0.29) is 12.3 Å². The molecule has 4 amide bonds. The first kappa shape index (κ1) is 31.6. The minimum Gasteiger partial charge on any atom is -0.480 e. The number of thioether (sulfide) groups is 1. The number of carboxylic acid groups (broad SMARTS) is 1. The zero-order valence-corrected chi connectivity index (χ0v) is 23.2. The third-order valence-electron chi connectivity index (χ3n) is 6.52. The fraction of sp³-hybridized carbons (Fsp3) is 0.500. The van der Waals surface area contributed by atoms with Crippen molar-refractivity contribution in [3.05, 3.63) is 36.0 Å². The van der Waals surface area contributed by atoms with E-state index < -0.39 is 60.2 Å². The molecule has 0 spiro atoms. The predicted octanol–water partition coefficient (Wildman–Crippen LogP) is 0.251. The van der Waals surface area contributed by atoms with Gasteiger partial charge in [0.15, 0.2) is 0 Å². The standard InChI is InChI=1S/C26H38N6O6S/c1-4-14(2)22(26(37)38)32-25(36)19(11-15-13-29-18-8-6-5-7-16(15)18)31-24(35)20(12-21(28)33)30-23(34)17(27)9-10-39-3/h5-8,13-14,17,19-20,22,29H,4,9-12,27H2,1-3H3,(H2,28,33)(H,30,34)(H,31,35)(H,32,36)(H,37,38). The van der Waals surface area contributed by atoms with Crippen LogP contribution in [0.5, 0.6) is 0 Å². The highest BCUT2D eigenvalue weighted by atomic mass is 32.2. The first-order valence-electron chi connectivity index (χ1n) is 12.7. The molecule has 13 heteroatoms. The van der Waals surface area contributed by atoms with Gasteiger partial charge in [-0.15, -0.1) is 0 Å². The number of amides is 4. The molecule has 1 aromatic carbocycles. The largest absolute Gasteiger partial charge is 0.480 e. The number of rotatable bonds is 16. The maximum atomic E-state index is 13.4. The van der Waals surface area contributed by atoms with Crippen molar-refractivity contribution >= 4 is 52.3 Å². The van der Waals surface area contributed by atoms with Crippen LogP contribution >= 0.6 is 11.8 Å². The van der Waals surface area contributed by atoms with Gasteiger partial charge in [0.2, 0.25) is 23.6 Å². The Kier molecular flexibility index (Phi) is 12.3. The summed E-state index contributed by atoms with van der Waals surface area (Å²) in [5, 5.41) is 18.1. The average Bonchev–Trinajstić information content (AvgIpc) is 3.31. The summed E-state index contributed by atoms with van der Waals surface area (Å²) in [6.45, 7) is 3.50. The minimum atomic E-state index is -1.38. The molecule has 214 valence electrons. The number of carbonyl (C=O) groups is 5. The molecule has 2 rings (SSSR count). The van der Waals surface area contributed by atoms with E-state index in [4.69, 9.17) is 11.5 Å². The number of hydrogen-bond acceptors (Lipinski definition) is 7. The number of fused-ring (bicyclic) bond motifs is 1. The van der Waals surface area contributed by atoms with Crippen LogP contribution in [0.25, 0.3) is 10.9 Å². The monoisotopic (exact) mass is 562 g/mol. The van der Waals surface area contributed by atoms with E-state index in [1.54, 1.807) is 20.0 Å². The Morgan fingerprint density at radius 2 is 1.67 bits per heavy atom. The number of benzene rings is 1. The molecule has 5 unspecified atom stereocenters. The maximum Gasteiger partial charge on any atom is 0.326 e. The number of primary amides is 1. The Bertz CT molecular complexity index is 1170. The van der Waals surface area contributed by atoms with Gasteiger partial charge in [0.1, 0.15) is 18.1 Å². The topological polar surface area (TPSA) is 210 Å². The number of carbonyl (C=O) groups excluding carboxylic acids is 4. The predicted molar refractivity (Wildman–Crippen MR) is 150 cm³/mol. The van der Waals surface area contributed by atoms with Gasteiger partial charge in [-0.2, -0.15) is 11.8 Å². The Balaban J connectivity index is 2.33. The van der Waals surface area contributed by atoms with Gasteiger partial charge in [-0.3, -0.25) is 19.2 Å². The molecule has 12 nitrogen and oxygen atoms in total. The van der Waals surface area contributed by atoms with Crippen molar-refractivity contribution < 1.29 is 29.1 Å². The highest BCUT2D eigenvalue weighted by molar-refractivity contribution is 7.98. The van der Waals surface area contributed by atoms with Crippen molar-refractivity contribution in [1.82, 2.24) is 20.9 Å². The van der Waals surface area contributed by atoms with Crippen molar-refractivity contribution in [1.29, 1.82) is 0 Å². The van der Waals surface area contributed by atoms with Crippen LogP contribution in [0.15, 0.2) is 30.5 Å². The molecule has 0 fully saturated rings. The number of nitrogens with one attached hydrogen (secondary N) is 4. The number of H-pyrrole nitrogens is 1. The highest BCUT2D eigenvalue weighted by Gasteiger charge is 2.33. The molecule has 2 aromatic rings. The second-order valence-corrected chi connectivity index (χ2v) is 10.4. The molecule has 0 aliphatic rings. The summed E-state index contributed by atoms with van der Waals surface area (Å²) in [6, 6.07) is 2.70. The third-order valence-corrected chi connectivity index (χ3v) is 7.16. The summed E-state index contributed by atoms with van der Waals surface area (Å²) in [7, 11) is 0. The fourth-order valence-corrected chi connectivity index (χ4v) is 4.49. The summed E-state index contributed by atoms with van der Waals surface area (Å²) in [5.74, 6) is -3.97. The van der Waals surface area contributed by atoms with Crippen molar-refractivity contribution in [3.8, 4) is 0 Å². The minimum absolute atomic E-state index is 0.0128. The Hall–Kier alpha value is -3.58. The van der Waals surface area contributed by atoms with E-state index in [1.807, 2.05) is 30.5 Å². The van der Waals surface area contributed by atoms with E-state index in [0.717, 1.165) is 10.9 Å². The first-order valence-corrected chi connectivity index (χ1v) is 14.1. The summed E-state index contributed by atoms with van der Waals surface area (Å²) in [5.41, 5.74) is 12.7. The quantitative estimate of drug-likeness (QED) is 0.150. The lowest BCUT2D eigenvalue weighted by Crippen LogP contribution is -2.58. The second-order valence-electron chi connectivity index (χ2n) is 9.45. The number of aliphatic carboxylic acids is 1. The van der Waals surface area contributed by atoms with Crippen LogP contribution in [0, 0.1) is 5.92 Å². The Morgan fingerprint density at radius 3 is 2.28 bits per heavy atom. The molecule has 0 aliphatic heterocycles. The summed E-state index contributed by atoms with van der Waals surface area (Å²) >= 11 is 1.51. The fourth-order valence-electron chi connectivity index (χ4n) is 4.00. The normalized spacial score (nSPS) is 15.0. The van der Waals surface area contributed by atoms with Crippen LogP contribution in [-0.4, -0.2) is 75.9 Å². The zero-order valence-electron chi connectivity index (χ0n) is 22.4. The van der Waals surface area contributed by atoms with Crippen LogP contribution in [0.2, 0.25) is 0 Å². The molecule has 0 saturated carbocycles. The van der Waals surface area contributed by atoms with Gasteiger partial charge < -0.3 is 37.5 Å². The van der Waals surface area contributed by atoms with Gasteiger partial charge in [-0.05, 0) is 36.0 Å². The van der Waals surface area contributed by atoms with Crippen LogP contribution in [0.3, 0.4) is 0 Å². The molecule has 0 saturated heterocycles. The van der Waals surface area contributed by atoms with E-state index >= 15 is 0 Å². The van der Waals surface area contributed by atoms with Gasteiger partial charge in [0, 0.05) is 23.5 Å². The van der Waals surface area contributed by atoms with Gasteiger partial charge in [-0.1, -0.05) is 38.5 Å². The van der Waals surface area contributed by atoms with Crippen molar-refractivity contribution in [2.45, 2.75) is 63.7 Å². The number of aromatic amines is 1. The molecule has 9 N–H and O–H groups in total. The SMILES string of the molecule is CCC(C)C(NC(=O)C(Cc1c[nH]c2ccccc12)NC(=O)C(CC(N)=O)NC(=O)C(N)CCSC)C(=O)O. The van der Waals surface area contributed by atoms with Crippen molar-refractivity contribution in [2.24, 2.45) is 17.4 Å². The van der Waals surface area contributed by atoms with Crippen LogP contribution in [0.4, 0.5) is 0 Å². The average molecular weight is 563 g/mol. The summed E-state index contributed by atoms with van der Waals surface area (Å²) < 4.78 is 0. The molecule has 0 aliphatic carbocycles. The van der Waals surface area contributed by atoms with Gasteiger partial charge in [0.05, 0.1) is 12.5 Å². The molecule has 1 heterocycles. The number of para-hydroxylation sites is 1. The summed E-state index contributed by atoms with van der Waals surface area (Å²) in [4.78, 5) is 65.9. The molecular formula is C26H38N6O6S. The van der Waals surface area contributed by atoms with Gasteiger partial charge in [-0.25, -0.2) is 4.79 Å². The summed E-state index contributed by atoms with van der Waals surface area (Å²) in [6.07, 6.45) is 3.92. The number of carboxylic acids is 1. The maximum absolute atomic E-state index is 13.4. The lowest BCUT2D eigenvalue weighted by molar-refractivity contribution is -0.144. The lowest BCUT2D eigenvalue weighted by atomic mass is 9.98. The van der Waals surface area contributed by atoms with E-state index in [1.165, 1.54) is 11.8 Å².